The van der Waals surface area contributed by atoms with Gasteiger partial charge in [0.1, 0.15) is 0 Å². The van der Waals surface area contributed by atoms with Gasteiger partial charge < -0.3 is 15.0 Å². The van der Waals surface area contributed by atoms with Crippen LogP contribution in [0.2, 0.25) is 0 Å². The topological polar surface area (TPSA) is 41.6 Å². The minimum Gasteiger partial charge on any atom is -0.376 e. The van der Waals surface area contributed by atoms with Crippen LogP contribution in [0.25, 0.3) is 0 Å². The first-order valence-corrected chi connectivity index (χ1v) is 6.89. The van der Waals surface area contributed by atoms with Crippen LogP contribution in [0.1, 0.15) is 18.9 Å². The highest BCUT2D eigenvalue weighted by Crippen LogP contribution is 2.06. The summed E-state index contributed by atoms with van der Waals surface area (Å²) in [5, 5.41) is 3.28. The van der Waals surface area contributed by atoms with Gasteiger partial charge in [0.2, 0.25) is 5.91 Å². The lowest BCUT2D eigenvalue weighted by Crippen LogP contribution is -2.52. The number of nitrogens with zero attached hydrogens (tertiary/aromatic N) is 1. The van der Waals surface area contributed by atoms with Crippen LogP contribution in [0.15, 0.2) is 30.3 Å². The molecule has 1 aliphatic heterocycles. The van der Waals surface area contributed by atoms with Crippen molar-refractivity contribution in [2.75, 3.05) is 26.2 Å². The quantitative estimate of drug-likeness (QED) is 0.843. The zero-order chi connectivity index (χ0) is 13.5. The number of hydrogen-bond donors (Lipinski definition) is 1. The van der Waals surface area contributed by atoms with Gasteiger partial charge in [-0.3, -0.25) is 4.79 Å². The zero-order valence-electron chi connectivity index (χ0n) is 11.9. The van der Waals surface area contributed by atoms with E-state index in [1.807, 2.05) is 35.2 Å². The third kappa shape index (κ3) is 5.12. The Kier molecular flexibility index (Phi) is 7.59. The number of ether oxygens (including phenoxy) is 1. The van der Waals surface area contributed by atoms with Crippen molar-refractivity contribution < 1.29 is 9.53 Å². The van der Waals surface area contributed by atoms with Gasteiger partial charge in [-0.05, 0) is 12.5 Å². The number of piperazine rings is 1. The summed E-state index contributed by atoms with van der Waals surface area (Å²) in [4.78, 5) is 14.0. The Bertz CT molecular complexity index is 400. The second-order valence-electron chi connectivity index (χ2n) is 4.93. The van der Waals surface area contributed by atoms with Gasteiger partial charge >= 0.3 is 0 Å². The lowest BCUT2D eigenvalue weighted by atomic mass is 10.2. The summed E-state index contributed by atoms with van der Waals surface area (Å²) in [5.41, 5.74) is 1.14. The van der Waals surface area contributed by atoms with Crippen LogP contribution in [0.4, 0.5) is 0 Å². The van der Waals surface area contributed by atoms with E-state index < -0.39 is 0 Å². The first-order chi connectivity index (χ1) is 9.27. The van der Waals surface area contributed by atoms with Gasteiger partial charge in [0.05, 0.1) is 19.6 Å². The number of amides is 1. The minimum atomic E-state index is 0. The molecule has 0 spiro atoms. The maximum atomic E-state index is 12.0. The van der Waals surface area contributed by atoms with E-state index in [9.17, 15) is 4.79 Å². The van der Waals surface area contributed by atoms with Gasteiger partial charge in [-0.25, -0.2) is 0 Å². The van der Waals surface area contributed by atoms with Crippen LogP contribution in [0.5, 0.6) is 0 Å². The molecule has 1 aromatic carbocycles. The summed E-state index contributed by atoms with van der Waals surface area (Å²) >= 11 is 0. The monoisotopic (exact) mass is 298 g/mol. The van der Waals surface area contributed by atoms with Gasteiger partial charge in [0.15, 0.2) is 0 Å². The fraction of sp³-hybridized carbons (Fsp3) is 0.533. The molecular formula is C15H23ClN2O2. The van der Waals surface area contributed by atoms with Gasteiger partial charge in [0, 0.05) is 25.7 Å². The van der Waals surface area contributed by atoms with E-state index in [0.717, 1.165) is 25.2 Å². The number of rotatable bonds is 5. The molecular weight excluding hydrogens is 276 g/mol. The molecule has 1 atom stereocenters. The first kappa shape index (κ1) is 17.0. The molecule has 1 saturated heterocycles. The molecule has 1 N–H and O–H groups in total. The standard InChI is InChI=1S/C15H22N2O2.ClH/c1-13-11-16-8-9-17(13)15(18)7-10-19-12-14-5-3-2-4-6-14;/h2-6,13,16H,7-12H2,1H3;1H/t13-;/m0./s1. The molecule has 1 heterocycles. The van der Waals surface area contributed by atoms with E-state index in [2.05, 4.69) is 12.2 Å². The van der Waals surface area contributed by atoms with Crippen LogP contribution in [0, 0.1) is 0 Å². The number of benzene rings is 1. The van der Waals surface area contributed by atoms with Crippen LogP contribution < -0.4 is 5.32 Å². The Morgan fingerprint density at radius 1 is 1.40 bits per heavy atom. The molecule has 5 heteroatoms. The molecule has 1 aromatic rings. The normalized spacial score (nSPS) is 18.4. The Labute approximate surface area is 126 Å². The number of carbonyl (C=O) groups is 1. The highest BCUT2D eigenvalue weighted by molar-refractivity contribution is 5.85. The molecule has 1 aliphatic rings. The van der Waals surface area contributed by atoms with Gasteiger partial charge in [0.25, 0.3) is 0 Å². The average Bonchev–Trinajstić information content (AvgIpc) is 2.45. The lowest BCUT2D eigenvalue weighted by Gasteiger charge is -2.34. The molecule has 0 saturated carbocycles. The molecule has 0 radical (unpaired) electrons. The molecule has 1 amide bonds. The van der Waals surface area contributed by atoms with Crippen LogP contribution in [-0.4, -0.2) is 43.1 Å². The molecule has 4 nitrogen and oxygen atoms in total. The summed E-state index contributed by atoms with van der Waals surface area (Å²) in [6, 6.07) is 10.3. The number of hydrogen-bond acceptors (Lipinski definition) is 3. The Hall–Kier alpha value is -1.10. The predicted molar refractivity (Wildman–Crippen MR) is 82.0 cm³/mol. The van der Waals surface area contributed by atoms with E-state index >= 15 is 0 Å². The fourth-order valence-corrected chi connectivity index (χ4v) is 2.28. The summed E-state index contributed by atoms with van der Waals surface area (Å²) in [6.45, 7) is 5.72. The van der Waals surface area contributed by atoms with Crippen LogP contribution in [0.3, 0.4) is 0 Å². The Morgan fingerprint density at radius 2 is 2.15 bits per heavy atom. The molecule has 1 fully saturated rings. The van der Waals surface area contributed by atoms with Crippen LogP contribution in [-0.2, 0) is 16.1 Å². The van der Waals surface area contributed by atoms with Crippen molar-refractivity contribution in [1.82, 2.24) is 10.2 Å². The van der Waals surface area contributed by atoms with E-state index in [1.54, 1.807) is 0 Å². The highest BCUT2D eigenvalue weighted by Gasteiger charge is 2.22. The molecule has 0 aliphatic carbocycles. The third-order valence-electron chi connectivity index (χ3n) is 3.39. The van der Waals surface area contributed by atoms with Crippen molar-refractivity contribution >= 4 is 18.3 Å². The second-order valence-corrected chi connectivity index (χ2v) is 4.93. The molecule has 0 bridgehead atoms. The van der Waals surface area contributed by atoms with Gasteiger partial charge in [-0.1, -0.05) is 30.3 Å². The van der Waals surface area contributed by atoms with Crippen molar-refractivity contribution in [3.63, 3.8) is 0 Å². The maximum Gasteiger partial charge on any atom is 0.225 e. The van der Waals surface area contributed by atoms with E-state index in [-0.39, 0.29) is 24.4 Å². The van der Waals surface area contributed by atoms with Crippen molar-refractivity contribution in [1.29, 1.82) is 0 Å². The fourth-order valence-electron chi connectivity index (χ4n) is 2.28. The largest absolute Gasteiger partial charge is 0.376 e. The van der Waals surface area contributed by atoms with Crippen molar-refractivity contribution in [2.24, 2.45) is 0 Å². The minimum absolute atomic E-state index is 0. The molecule has 112 valence electrons. The summed E-state index contributed by atoms with van der Waals surface area (Å²) in [6.07, 6.45) is 0.469. The van der Waals surface area contributed by atoms with E-state index in [4.69, 9.17) is 4.74 Å². The molecule has 0 unspecified atom stereocenters. The van der Waals surface area contributed by atoms with Crippen LogP contribution >= 0.6 is 12.4 Å². The number of halogens is 1. The summed E-state index contributed by atoms with van der Waals surface area (Å²) in [7, 11) is 0. The molecule has 20 heavy (non-hydrogen) atoms. The Balaban J connectivity index is 0.00000200. The zero-order valence-corrected chi connectivity index (χ0v) is 12.7. The van der Waals surface area contributed by atoms with Gasteiger partial charge in [-0.15, -0.1) is 12.4 Å². The smallest absolute Gasteiger partial charge is 0.225 e. The van der Waals surface area contributed by atoms with Crippen molar-refractivity contribution in [2.45, 2.75) is 26.0 Å². The molecule has 2 rings (SSSR count). The summed E-state index contributed by atoms with van der Waals surface area (Å²) < 4.78 is 5.55. The highest BCUT2D eigenvalue weighted by atomic mass is 35.5. The number of nitrogens with one attached hydrogen (secondary N) is 1. The van der Waals surface area contributed by atoms with E-state index in [1.165, 1.54) is 0 Å². The average molecular weight is 299 g/mol. The Morgan fingerprint density at radius 3 is 2.85 bits per heavy atom. The van der Waals surface area contributed by atoms with E-state index in [0.29, 0.717) is 19.6 Å². The van der Waals surface area contributed by atoms with Crippen molar-refractivity contribution in [3.05, 3.63) is 35.9 Å². The lowest BCUT2D eigenvalue weighted by molar-refractivity contribution is -0.135. The third-order valence-corrected chi connectivity index (χ3v) is 3.39. The second kappa shape index (κ2) is 8.95. The maximum absolute atomic E-state index is 12.0. The molecule has 0 aromatic heterocycles. The van der Waals surface area contributed by atoms with Crippen molar-refractivity contribution in [3.8, 4) is 0 Å². The first-order valence-electron chi connectivity index (χ1n) is 6.89. The predicted octanol–water partition coefficient (Wildman–Crippen LogP) is 1.84. The number of carbonyl (C=O) groups excluding carboxylic acids is 1. The SMILES string of the molecule is C[C@H]1CNCCN1C(=O)CCOCc1ccccc1.Cl. The summed E-state index contributed by atoms with van der Waals surface area (Å²) in [5.74, 6) is 0.196. The van der Waals surface area contributed by atoms with Gasteiger partial charge in [-0.2, -0.15) is 0 Å².